The van der Waals surface area contributed by atoms with Crippen molar-refractivity contribution in [2.45, 2.75) is 13.5 Å². The highest BCUT2D eigenvalue weighted by Crippen LogP contribution is 2.36. The van der Waals surface area contributed by atoms with Gasteiger partial charge in [-0.25, -0.2) is 10.4 Å². The molecule has 0 aliphatic carbocycles. The third-order valence-electron chi connectivity index (χ3n) is 6.17. The number of halogens is 1. The number of aromatic nitrogens is 1. The fourth-order valence-corrected chi connectivity index (χ4v) is 4.41. The first-order valence-electron chi connectivity index (χ1n) is 12.4. The van der Waals surface area contributed by atoms with Crippen molar-refractivity contribution in [2.75, 3.05) is 7.11 Å². The summed E-state index contributed by atoms with van der Waals surface area (Å²) in [7, 11) is 1.55. The van der Waals surface area contributed by atoms with Crippen molar-refractivity contribution in [2.24, 2.45) is 5.10 Å². The summed E-state index contributed by atoms with van der Waals surface area (Å²) in [4.78, 5) is 17.9. The molecular weight excluding hydrogens is 510 g/mol. The molecule has 194 valence electrons. The minimum atomic E-state index is -0.349. The lowest BCUT2D eigenvalue weighted by atomic mass is 10.0. The topological polar surface area (TPSA) is 72.8 Å². The monoisotopic (exact) mass is 535 g/mol. The van der Waals surface area contributed by atoms with Gasteiger partial charge in [0, 0.05) is 10.9 Å². The number of carbonyl (C=O) groups excluding carboxylic acids is 1. The van der Waals surface area contributed by atoms with E-state index < -0.39 is 0 Å². The molecule has 5 rings (SSSR count). The molecule has 1 heterocycles. The van der Waals surface area contributed by atoms with Crippen molar-refractivity contribution < 1.29 is 14.3 Å². The van der Waals surface area contributed by atoms with Gasteiger partial charge in [-0.05, 0) is 42.3 Å². The second kappa shape index (κ2) is 11.8. The first-order chi connectivity index (χ1) is 19.0. The van der Waals surface area contributed by atoms with Crippen LogP contribution < -0.4 is 14.9 Å². The number of rotatable bonds is 8. The van der Waals surface area contributed by atoms with Gasteiger partial charge in [0.2, 0.25) is 0 Å². The van der Waals surface area contributed by atoms with Gasteiger partial charge in [-0.2, -0.15) is 5.10 Å². The predicted molar refractivity (Wildman–Crippen MR) is 156 cm³/mol. The van der Waals surface area contributed by atoms with Crippen LogP contribution in [0.25, 0.3) is 22.2 Å². The number of amides is 1. The van der Waals surface area contributed by atoms with Crippen molar-refractivity contribution >= 4 is 34.6 Å². The zero-order valence-electron chi connectivity index (χ0n) is 21.5. The molecule has 0 radical (unpaired) electrons. The molecule has 0 spiro atoms. The molecule has 0 saturated heterocycles. The summed E-state index contributed by atoms with van der Waals surface area (Å²) in [6, 6.07) is 30.6. The molecule has 0 unspecified atom stereocenters. The number of hydrogen-bond donors (Lipinski definition) is 1. The molecule has 1 aromatic heterocycles. The molecule has 0 saturated carbocycles. The number of fused-ring (bicyclic) bond motifs is 1. The molecular formula is C32H26ClN3O3. The Morgan fingerprint density at radius 1 is 0.974 bits per heavy atom. The normalized spacial score (nSPS) is 11.1. The van der Waals surface area contributed by atoms with Crippen LogP contribution in [0, 0.1) is 6.92 Å². The Kier molecular flexibility index (Phi) is 7.85. The van der Waals surface area contributed by atoms with Crippen molar-refractivity contribution in [3.05, 3.63) is 124 Å². The Labute approximate surface area is 231 Å². The van der Waals surface area contributed by atoms with Gasteiger partial charge in [-0.3, -0.25) is 4.79 Å². The molecule has 1 N–H and O–H groups in total. The second-order valence-corrected chi connectivity index (χ2v) is 9.35. The van der Waals surface area contributed by atoms with Crippen molar-refractivity contribution in [3.63, 3.8) is 0 Å². The van der Waals surface area contributed by atoms with E-state index in [0.717, 1.165) is 22.0 Å². The molecule has 1 amide bonds. The Balaban J connectivity index is 1.34. The molecule has 6 nitrogen and oxygen atoms in total. The van der Waals surface area contributed by atoms with E-state index in [4.69, 9.17) is 26.1 Å². The number of carbonyl (C=O) groups is 1. The fourth-order valence-electron chi connectivity index (χ4n) is 4.14. The first kappa shape index (κ1) is 25.9. The van der Waals surface area contributed by atoms with Gasteiger partial charge in [0.25, 0.3) is 5.91 Å². The van der Waals surface area contributed by atoms with Crippen molar-refractivity contribution in [1.82, 2.24) is 10.4 Å². The highest BCUT2D eigenvalue weighted by atomic mass is 35.5. The molecule has 4 aromatic carbocycles. The van der Waals surface area contributed by atoms with Crippen molar-refractivity contribution in [1.29, 1.82) is 0 Å². The molecule has 5 aromatic rings. The van der Waals surface area contributed by atoms with Crippen LogP contribution in [0.5, 0.6) is 11.5 Å². The van der Waals surface area contributed by atoms with E-state index in [-0.39, 0.29) is 5.91 Å². The maximum atomic E-state index is 13.2. The maximum absolute atomic E-state index is 13.2. The zero-order chi connectivity index (χ0) is 27.2. The lowest BCUT2D eigenvalue weighted by molar-refractivity contribution is 0.0956. The van der Waals surface area contributed by atoms with Crippen LogP contribution in [0.1, 0.15) is 27.0 Å². The standard InChI is InChI=1S/C32H26ClN3O3/c1-21-12-14-22(15-13-21)20-39-31-27(33)16-23(17-30(31)38-2)19-34-36-32(37)26-18-29(24-8-4-3-5-9-24)35-28-11-7-6-10-25(26)28/h3-19H,20H2,1-2H3,(H,36,37)/b34-19+. The van der Waals surface area contributed by atoms with Gasteiger partial charge in [-0.1, -0.05) is 90.0 Å². The van der Waals surface area contributed by atoms with E-state index >= 15 is 0 Å². The summed E-state index contributed by atoms with van der Waals surface area (Å²) in [6.45, 7) is 2.39. The van der Waals surface area contributed by atoms with Crippen LogP contribution in [0.2, 0.25) is 5.02 Å². The SMILES string of the molecule is COc1cc(/C=N/NC(=O)c2cc(-c3ccccc3)nc3ccccc23)cc(Cl)c1OCc1ccc(C)cc1. The Bertz CT molecular complexity index is 1650. The number of para-hydroxylation sites is 1. The first-order valence-corrected chi connectivity index (χ1v) is 12.7. The molecule has 0 fully saturated rings. The average Bonchev–Trinajstić information content (AvgIpc) is 2.97. The Hall–Kier alpha value is -4.68. The highest BCUT2D eigenvalue weighted by Gasteiger charge is 2.15. The number of nitrogens with zero attached hydrogens (tertiary/aromatic N) is 2. The molecule has 0 bridgehead atoms. The van der Waals surface area contributed by atoms with Gasteiger partial charge in [-0.15, -0.1) is 0 Å². The zero-order valence-corrected chi connectivity index (χ0v) is 22.3. The maximum Gasteiger partial charge on any atom is 0.272 e. The van der Waals surface area contributed by atoms with Gasteiger partial charge < -0.3 is 9.47 Å². The number of ether oxygens (including phenoxy) is 2. The van der Waals surface area contributed by atoms with Crippen LogP contribution in [-0.2, 0) is 6.61 Å². The molecule has 0 atom stereocenters. The van der Waals surface area contributed by atoms with Gasteiger partial charge in [0.15, 0.2) is 11.5 Å². The van der Waals surface area contributed by atoms with E-state index in [9.17, 15) is 4.79 Å². The largest absolute Gasteiger partial charge is 0.493 e. The van der Waals surface area contributed by atoms with Crippen LogP contribution in [-0.4, -0.2) is 24.2 Å². The summed E-state index contributed by atoms with van der Waals surface area (Å²) in [6.07, 6.45) is 1.51. The van der Waals surface area contributed by atoms with Gasteiger partial charge in [0.05, 0.1) is 35.1 Å². The number of hydrogen-bond acceptors (Lipinski definition) is 5. The molecule has 7 heteroatoms. The van der Waals surface area contributed by atoms with E-state index in [1.807, 2.05) is 85.8 Å². The lowest BCUT2D eigenvalue weighted by Gasteiger charge is -2.13. The number of methoxy groups -OCH3 is 1. The lowest BCUT2D eigenvalue weighted by Crippen LogP contribution is -2.18. The van der Waals surface area contributed by atoms with Gasteiger partial charge in [0.1, 0.15) is 6.61 Å². The number of pyridine rings is 1. The minimum absolute atomic E-state index is 0.349. The summed E-state index contributed by atoms with van der Waals surface area (Å²) >= 11 is 6.52. The average molecular weight is 536 g/mol. The van der Waals surface area contributed by atoms with Crippen LogP contribution in [0.3, 0.4) is 0 Å². The smallest absolute Gasteiger partial charge is 0.272 e. The van der Waals surface area contributed by atoms with E-state index in [1.165, 1.54) is 11.8 Å². The van der Waals surface area contributed by atoms with E-state index in [1.54, 1.807) is 25.3 Å². The molecule has 0 aliphatic rings. The van der Waals surface area contributed by atoms with E-state index in [2.05, 4.69) is 10.5 Å². The number of nitrogens with one attached hydrogen (secondary N) is 1. The summed E-state index contributed by atoms with van der Waals surface area (Å²) in [5.74, 6) is 0.561. The third-order valence-corrected chi connectivity index (χ3v) is 6.45. The van der Waals surface area contributed by atoms with Gasteiger partial charge >= 0.3 is 0 Å². The Morgan fingerprint density at radius 3 is 2.49 bits per heavy atom. The summed E-state index contributed by atoms with van der Waals surface area (Å²) in [5.41, 5.74) is 8.31. The second-order valence-electron chi connectivity index (χ2n) is 8.95. The molecule has 0 aliphatic heterocycles. The van der Waals surface area contributed by atoms with Crippen molar-refractivity contribution in [3.8, 4) is 22.8 Å². The van der Waals surface area contributed by atoms with Crippen LogP contribution in [0.15, 0.2) is 102 Å². The fraction of sp³-hybridized carbons (Fsp3) is 0.0938. The quantitative estimate of drug-likeness (QED) is 0.168. The van der Waals surface area contributed by atoms with Crippen LogP contribution in [0.4, 0.5) is 0 Å². The summed E-state index contributed by atoms with van der Waals surface area (Å²) in [5, 5.41) is 5.29. The van der Waals surface area contributed by atoms with Crippen LogP contribution >= 0.6 is 11.6 Å². The Morgan fingerprint density at radius 2 is 1.72 bits per heavy atom. The molecule has 39 heavy (non-hydrogen) atoms. The number of benzene rings is 4. The summed E-state index contributed by atoms with van der Waals surface area (Å²) < 4.78 is 11.5. The minimum Gasteiger partial charge on any atom is -0.493 e. The van der Waals surface area contributed by atoms with E-state index in [0.29, 0.717) is 39.9 Å². The number of hydrazone groups is 1. The predicted octanol–water partition coefficient (Wildman–Crippen LogP) is 7.22. The number of aryl methyl sites for hydroxylation is 1. The highest BCUT2D eigenvalue weighted by molar-refractivity contribution is 6.32. The third kappa shape index (κ3) is 6.08.